The number of hydrazine groups is 1. The number of carbonyl (C=O) groups is 3. The lowest BCUT2D eigenvalue weighted by Crippen LogP contribution is -2.49. The van der Waals surface area contributed by atoms with Gasteiger partial charge in [0, 0.05) is 29.8 Å². The van der Waals surface area contributed by atoms with Crippen molar-refractivity contribution in [1.29, 1.82) is 0 Å². The van der Waals surface area contributed by atoms with Gasteiger partial charge in [-0.05, 0) is 12.1 Å². The number of para-hydroxylation sites is 1. The van der Waals surface area contributed by atoms with Gasteiger partial charge in [0.2, 0.25) is 0 Å². The standard InChI is InChI=1S/C22H13N5O9/c28-20(13-6-3-7-15(11-13)25(31)32)23(12-14-5-1-2-9-17(14)26(33)34)24-21(29)16-8-4-10-18(27(35)36)19(16)22(24)30/h1-11H,12H2. The molecule has 14 heteroatoms. The third-order valence-electron chi connectivity index (χ3n) is 5.36. The number of amides is 3. The number of hydrogen-bond donors (Lipinski definition) is 0. The van der Waals surface area contributed by atoms with E-state index in [-0.39, 0.29) is 16.7 Å². The quantitative estimate of drug-likeness (QED) is 0.271. The Morgan fingerprint density at radius 1 is 0.778 bits per heavy atom. The van der Waals surface area contributed by atoms with Crippen molar-refractivity contribution < 1.29 is 29.2 Å². The van der Waals surface area contributed by atoms with E-state index in [0.29, 0.717) is 10.0 Å². The van der Waals surface area contributed by atoms with E-state index < -0.39 is 61.7 Å². The minimum atomic E-state index is -1.19. The topological polar surface area (TPSA) is 187 Å². The molecule has 0 aromatic heterocycles. The highest BCUT2D eigenvalue weighted by molar-refractivity contribution is 6.23. The van der Waals surface area contributed by atoms with Crippen molar-refractivity contribution >= 4 is 34.8 Å². The Morgan fingerprint density at radius 2 is 1.42 bits per heavy atom. The summed E-state index contributed by atoms with van der Waals surface area (Å²) in [4.78, 5) is 71.8. The van der Waals surface area contributed by atoms with Gasteiger partial charge in [0.25, 0.3) is 34.8 Å². The van der Waals surface area contributed by atoms with Crippen molar-refractivity contribution in [1.82, 2.24) is 10.0 Å². The van der Waals surface area contributed by atoms with E-state index in [1.807, 2.05) is 0 Å². The van der Waals surface area contributed by atoms with Crippen LogP contribution < -0.4 is 0 Å². The van der Waals surface area contributed by atoms with E-state index in [9.17, 15) is 44.7 Å². The molecule has 0 N–H and O–H groups in total. The molecule has 0 fully saturated rings. The van der Waals surface area contributed by atoms with Crippen molar-refractivity contribution in [2.24, 2.45) is 0 Å². The molecule has 1 aliphatic heterocycles. The van der Waals surface area contributed by atoms with Gasteiger partial charge in [-0.25, -0.2) is 5.01 Å². The molecule has 0 bridgehead atoms. The summed E-state index contributed by atoms with van der Waals surface area (Å²) in [7, 11) is 0. The fraction of sp³-hybridized carbons (Fsp3) is 0.0455. The molecule has 1 heterocycles. The zero-order valence-corrected chi connectivity index (χ0v) is 18.0. The van der Waals surface area contributed by atoms with Crippen LogP contribution in [0, 0.1) is 30.3 Å². The molecule has 180 valence electrons. The largest absolute Gasteiger partial charge is 0.287 e. The Kier molecular flexibility index (Phi) is 5.92. The van der Waals surface area contributed by atoms with Crippen LogP contribution in [0.2, 0.25) is 0 Å². The monoisotopic (exact) mass is 491 g/mol. The van der Waals surface area contributed by atoms with Gasteiger partial charge in [-0.3, -0.25) is 44.7 Å². The molecule has 0 atom stereocenters. The Balaban J connectivity index is 1.86. The van der Waals surface area contributed by atoms with Gasteiger partial charge >= 0.3 is 0 Å². The zero-order valence-electron chi connectivity index (χ0n) is 18.0. The van der Waals surface area contributed by atoms with Crippen molar-refractivity contribution in [3.63, 3.8) is 0 Å². The predicted octanol–water partition coefficient (Wildman–Crippen LogP) is 3.26. The summed E-state index contributed by atoms with van der Waals surface area (Å²) in [5.41, 5.74) is -2.79. The van der Waals surface area contributed by atoms with Crippen molar-refractivity contribution in [2.45, 2.75) is 6.54 Å². The van der Waals surface area contributed by atoms with Gasteiger partial charge in [0.1, 0.15) is 5.56 Å². The Morgan fingerprint density at radius 3 is 2.08 bits per heavy atom. The number of non-ortho nitro benzene ring substituents is 1. The Labute approximate surface area is 200 Å². The molecule has 0 aliphatic carbocycles. The first-order valence-electron chi connectivity index (χ1n) is 10.1. The lowest BCUT2D eigenvalue weighted by Gasteiger charge is -2.30. The summed E-state index contributed by atoms with van der Waals surface area (Å²) in [5, 5.41) is 35.1. The van der Waals surface area contributed by atoms with Gasteiger partial charge in [-0.2, -0.15) is 5.01 Å². The van der Waals surface area contributed by atoms with E-state index in [2.05, 4.69) is 0 Å². The molecule has 4 rings (SSSR count). The highest BCUT2D eigenvalue weighted by Gasteiger charge is 2.46. The first-order valence-corrected chi connectivity index (χ1v) is 10.1. The fourth-order valence-corrected chi connectivity index (χ4v) is 3.75. The molecule has 3 aromatic carbocycles. The maximum absolute atomic E-state index is 13.5. The van der Waals surface area contributed by atoms with Crippen LogP contribution in [-0.2, 0) is 6.54 Å². The molecule has 1 aliphatic rings. The summed E-state index contributed by atoms with van der Waals surface area (Å²) >= 11 is 0. The average molecular weight is 491 g/mol. The highest BCUT2D eigenvalue weighted by atomic mass is 16.6. The van der Waals surface area contributed by atoms with Crippen LogP contribution in [0.5, 0.6) is 0 Å². The lowest BCUT2D eigenvalue weighted by molar-refractivity contribution is -0.385. The van der Waals surface area contributed by atoms with Crippen LogP contribution in [0.25, 0.3) is 0 Å². The van der Waals surface area contributed by atoms with Crippen molar-refractivity contribution in [3.8, 4) is 0 Å². The zero-order chi connectivity index (χ0) is 26.1. The fourth-order valence-electron chi connectivity index (χ4n) is 3.75. The number of nitrogens with zero attached hydrogens (tertiary/aromatic N) is 5. The van der Waals surface area contributed by atoms with Crippen LogP contribution in [-0.4, -0.2) is 42.5 Å². The first-order chi connectivity index (χ1) is 17.1. The summed E-state index contributed by atoms with van der Waals surface area (Å²) in [6.07, 6.45) is 0. The van der Waals surface area contributed by atoms with Crippen LogP contribution in [0.3, 0.4) is 0 Å². The summed E-state index contributed by atoms with van der Waals surface area (Å²) in [6.45, 7) is -0.669. The molecule has 0 saturated heterocycles. The summed E-state index contributed by atoms with van der Waals surface area (Å²) in [6, 6.07) is 13.1. The van der Waals surface area contributed by atoms with Crippen LogP contribution in [0.4, 0.5) is 17.1 Å². The molecule has 0 spiro atoms. The number of carbonyl (C=O) groups excluding carboxylic acids is 3. The van der Waals surface area contributed by atoms with Gasteiger partial charge in [-0.15, -0.1) is 0 Å². The number of hydrogen-bond acceptors (Lipinski definition) is 9. The Bertz CT molecular complexity index is 1490. The minimum absolute atomic E-state index is 0.0627. The number of rotatable bonds is 7. The summed E-state index contributed by atoms with van der Waals surface area (Å²) < 4.78 is 0. The van der Waals surface area contributed by atoms with Gasteiger partial charge in [0.05, 0.1) is 32.4 Å². The van der Waals surface area contributed by atoms with E-state index in [1.165, 1.54) is 42.5 Å². The molecule has 36 heavy (non-hydrogen) atoms. The second-order valence-corrected chi connectivity index (χ2v) is 7.43. The van der Waals surface area contributed by atoms with Crippen LogP contribution >= 0.6 is 0 Å². The van der Waals surface area contributed by atoms with Gasteiger partial charge < -0.3 is 0 Å². The Hall–Kier alpha value is -5.53. The predicted molar refractivity (Wildman–Crippen MR) is 120 cm³/mol. The molecular weight excluding hydrogens is 478 g/mol. The first kappa shape index (κ1) is 23.6. The number of benzene rings is 3. The lowest BCUT2D eigenvalue weighted by atomic mass is 10.1. The molecule has 0 radical (unpaired) electrons. The minimum Gasteiger partial charge on any atom is -0.267 e. The number of fused-ring (bicyclic) bond motifs is 1. The maximum Gasteiger partial charge on any atom is 0.287 e. The molecule has 14 nitrogen and oxygen atoms in total. The molecule has 3 amide bonds. The SMILES string of the molecule is O=C(c1cccc([N+](=O)[O-])c1)N(Cc1ccccc1[N+](=O)[O-])N1C(=O)c2cccc([N+](=O)[O-])c2C1=O. The smallest absolute Gasteiger partial charge is 0.267 e. The third-order valence-corrected chi connectivity index (χ3v) is 5.36. The van der Waals surface area contributed by atoms with E-state index >= 15 is 0 Å². The van der Waals surface area contributed by atoms with Crippen molar-refractivity contribution in [2.75, 3.05) is 0 Å². The second-order valence-electron chi connectivity index (χ2n) is 7.43. The molecule has 0 unspecified atom stereocenters. The molecular formula is C22H13N5O9. The van der Waals surface area contributed by atoms with Crippen molar-refractivity contribution in [3.05, 3.63) is 119 Å². The van der Waals surface area contributed by atoms with Crippen LogP contribution in [0.15, 0.2) is 66.7 Å². The third kappa shape index (κ3) is 3.98. The molecule has 3 aromatic rings. The highest BCUT2D eigenvalue weighted by Crippen LogP contribution is 2.33. The van der Waals surface area contributed by atoms with E-state index in [4.69, 9.17) is 0 Å². The summed E-state index contributed by atoms with van der Waals surface area (Å²) in [5.74, 6) is -3.34. The number of nitro benzene ring substituents is 3. The van der Waals surface area contributed by atoms with Gasteiger partial charge in [0.15, 0.2) is 0 Å². The van der Waals surface area contributed by atoms with Gasteiger partial charge in [-0.1, -0.05) is 30.3 Å². The molecule has 0 saturated carbocycles. The second kappa shape index (κ2) is 9.02. The normalized spacial score (nSPS) is 12.3. The number of imide groups is 1. The van der Waals surface area contributed by atoms with Crippen LogP contribution in [0.1, 0.15) is 36.6 Å². The van der Waals surface area contributed by atoms with E-state index in [1.54, 1.807) is 0 Å². The average Bonchev–Trinajstić information content (AvgIpc) is 3.12. The maximum atomic E-state index is 13.5. The van der Waals surface area contributed by atoms with E-state index in [0.717, 1.165) is 24.3 Å². The number of nitro groups is 3.